The van der Waals surface area contributed by atoms with E-state index in [-0.39, 0.29) is 22.9 Å². The van der Waals surface area contributed by atoms with Gasteiger partial charge in [-0.15, -0.1) is 0 Å². The van der Waals surface area contributed by atoms with Crippen LogP contribution in [0, 0.1) is 0 Å². The van der Waals surface area contributed by atoms with Crippen LogP contribution in [-0.4, -0.2) is 53.3 Å². The minimum Gasteiger partial charge on any atom is -0.482 e. The molecule has 0 fully saturated rings. The van der Waals surface area contributed by atoms with Gasteiger partial charge >= 0.3 is 5.97 Å². The number of aliphatic carboxylic acids is 1. The summed E-state index contributed by atoms with van der Waals surface area (Å²) in [5.41, 5.74) is 1.33. The monoisotopic (exact) mass is 443 g/mol. The molecule has 2 N–H and O–H groups in total. The standard InChI is InChI=1S/C19H17N5O6S/c25-18-10-30-17-6-5-15(7-16(17)24(18)9-19(26)27)31(28,29)22-14-3-1-13(2-4-14)8-23-12-20-11-21-23/h1-7,11-12,22H,8-10H2,(H,26,27). The summed E-state index contributed by atoms with van der Waals surface area (Å²) in [5.74, 6) is -1.56. The number of amides is 1. The first kappa shape index (κ1) is 20.3. The average molecular weight is 443 g/mol. The highest BCUT2D eigenvalue weighted by molar-refractivity contribution is 7.92. The van der Waals surface area contributed by atoms with E-state index in [0.717, 1.165) is 10.5 Å². The fourth-order valence-corrected chi connectivity index (χ4v) is 4.13. The van der Waals surface area contributed by atoms with Crippen molar-refractivity contribution in [1.29, 1.82) is 0 Å². The van der Waals surface area contributed by atoms with E-state index in [2.05, 4.69) is 14.8 Å². The maximum atomic E-state index is 12.8. The summed E-state index contributed by atoms with van der Waals surface area (Å²) in [6, 6.07) is 10.7. The molecule has 0 spiro atoms. The van der Waals surface area contributed by atoms with Crippen molar-refractivity contribution in [3.05, 3.63) is 60.7 Å². The van der Waals surface area contributed by atoms with E-state index >= 15 is 0 Å². The number of nitrogens with one attached hydrogen (secondary N) is 1. The van der Waals surface area contributed by atoms with Gasteiger partial charge in [0.1, 0.15) is 24.9 Å². The Morgan fingerprint density at radius 3 is 2.65 bits per heavy atom. The third-order valence-corrected chi connectivity index (χ3v) is 5.87. The Balaban J connectivity index is 1.55. The molecule has 31 heavy (non-hydrogen) atoms. The lowest BCUT2D eigenvalue weighted by Crippen LogP contribution is -2.42. The van der Waals surface area contributed by atoms with Gasteiger partial charge in [0, 0.05) is 5.69 Å². The molecule has 160 valence electrons. The quantitative estimate of drug-likeness (QED) is 0.549. The van der Waals surface area contributed by atoms with E-state index in [0.29, 0.717) is 12.2 Å². The molecule has 3 aromatic rings. The average Bonchev–Trinajstić information content (AvgIpc) is 3.24. The molecule has 12 heteroatoms. The number of ether oxygens (including phenoxy) is 1. The van der Waals surface area contributed by atoms with Gasteiger partial charge < -0.3 is 9.84 Å². The normalized spacial score (nSPS) is 13.4. The van der Waals surface area contributed by atoms with Gasteiger partial charge in [0.2, 0.25) is 0 Å². The maximum Gasteiger partial charge on any atom is 0.323 e. The van der Waals surface area contributed by atoms with E-state index in [1.165, 1.54) is 24.5 Å². The number of carboxylic acid groups (broad SMARTS) is 1. The molecular formula is C19H17N5O6S. The van der Waals surface area contributed by atoms with Gasteiger partial charge in [0.05, 0.1) is 17.1 Å². The Morgan fingerprint density at radius 1 is 1.19 bits per heavy atom. The van der Waals surface area contributed by atoms with Crippen LogP contribution >= 0.6 is 0 Å². The molecule has 0 saturated heterocycles. The van der Waals surface area contributed by atoms with Crippen molar-refractivity contribution in [1.82, 2.24) is 14.8 Å². The van der Waals surface area contributed by atoms with Gasteiger partial charge in [-0.2, -0.15) is 5.10 Å². The number of rotatable bonds is 7. The van der Waals surface area contributed by atoms with Crippen LogP contribution in [0.4, 0.5) is 11.4 Å². The number of hydrogen-bond acceptors (Lipinski definition) is 7. The molecule has 11 nitrogen and oxygen atoms in total. The Labute approximate surface area is 176 Å². The molecule has 0 bridgehead atoms. The molecule has 2 aromatic carbocycles. The van der Waals surface area contributed by atoms with E-state index in [4.69, 9.17) is 9.84 Å². The van der Waals surface area contributed by atoms with Crippen molar-refractivity contribution in [3.8, 4) is 5.75 Å². The molecule has 1 aliphatic rings. The molecule has 1 amide bonds. The lowest BCUT2D eigenvalue weighted by molar-refractivity contribution is -0.137. The highest BCUT2D eigenvalue weighted by Gasteiger charge is 2.29. The van der Waals surface area contributed by atoms with Crippen molar-refractivity contribution < 1.29 is 27.9 Å². The zero-order valence-corrected chi connectivity index (χ0v) is 16.8. The largest absolute Gasteiger partial charge is 0.482 e. The van der Waals surface area contributed by atoms with Crippen LogP contribution < -0.4 is 14.4 Å². The summed E-state index contributed by atoms with van der Waals surface area (Å²) in [7, 11) is -4.00. The summed E-state index contributed by atoms with van der Waals surface area (Å²) in [4.78, 5) is 27.9. The number of sulfonamides is 1. The number of benzene rings is 2. The zero-order chi connectivity index (χ0) is 22.0. The third-order valence-electron chi connectivity index (χ3n) is 4.49. The summed E-state index contributed by atoms with van der Waals surface area (Å²) >= 11 is 0. The van der Waals surface area contributed by atoms with Gasteiger partial charge in [-0.1, -0.05) is 12.1 Å². The van der Waals surface area contributed by atoms with E-state index in [1.807, 2.05) is 0 Å². The second-order valence-electron chi connectivity index (χ2n) is 6.69. The first-order valence-corrected chi connectivity index (χ1v) is 10.5. The molecular weight excluding hydrogens is 426 g/mol. The number of carbonyl (C=O) groups excluding carboxylic acids is 1. The fourth-order valence-electron chi connectivity index (χ4n) is 3.05. The number of aromatic nitrogens is 3. The van der Waals surface area contributed by atoms with Crippen molar-refractivity contribution >= 4 is 33.3 Å². The third kappa shape index (κ3) is 4.48. The van der Waals surface area contributed by atoms with Gasteiger partial charge in [0.25, 0.3) is 15.9 Å². The van der Waals surface area contributed by atoms with Crippen LogP contribution in [0.2, 0.25) is 0 Å². The van der Waals surface area contributed by atoms with Crippen molar-refractivity contribution in [3.63, 3.8) is 0 Å². The van der Waals surface area contributed by atoms with E-state index in [9.17, 15) is 18.0 Å². The lowest BCUT2D eigenvalue weighted by atomic mass is 10.2. The molecule has 0 aliphatic carbocycles. The predicted molar refractivity (Wildman–Crippen MR) is 108 cm³/mol. The van der Waals surface area contributed by atoms with Crippen molar-refractivity contribution in [2.45, 2.75) is 11.4 Å². The van der Waals surface area contributed by atoms with Crippen LogP contribution in [0.1, 0.15) is 5.56 Å². The zero-order valence-electron chi connectivity index (χ0n) is 16.0. The minimum absolute atomic E-state index is 0.0877. The summed E-state index contributed by atoms with van der Waals surface area (Å²) in [5, 5.41) is 13.1. The lowest BCUT2D eigenvalue weighted by Gasteiger charge is -2.28. The van der Waals surface area contributed by atoms with Crippen LogP contribution in [0.3, 0.4) is 0 Å². The Kier molecular flexibility index (Phi) is 5.29. The number of hydrogen-bond donors (Lipinski definition) is 2. The number of anilines is 2. The number of nitrogens with zero attached hydrogens (tertiary/aromatic N) is 4. The molecule has 0 radical (unpaired) electrons. The van der Waals surface area contributed by atoms with E-state index in [1.54, 1.807) is 35.3 Å². The highest BCUT2D eigenvalue weighted by Crippen LogP contribution is 2.34. The topological polar surface area (TPSA) is 144 Å². The van der Waals surface area contributed by atoms with Gasteiger partial charge in [0.15, 0.2) is 6.61 Å². The molecule has 1 aliphatic heterocycles. The second kappa shape index (κ2) is 8.07. The molecule has 0 saturated carbocycles. The summed E-state index contributed by atoms with van der Waals surface area (Å²) < 4.78 is 35.1. The fraction of sp³-hybridized carbons (Fsp3) is 0.158. The Bertz CT molecular complexity index is 1230. The van der Waals surface area contributed by atoms with E-state index < -0.39 is 28.4 Å². The number of fused-ring (bicyclic) bond motifs is 1. The summed E-state index contributed by atoms with van der Waals surface area (Å²) in [6.45, 7) is -0.420. The first-order valence-electron chi connectivity index (χ1n) is 9.05. The smallest absolute Gasteiger partial charge is 0.323 e. The van der Waals surface area contributed by atoms with Crippen LogP contribution in [0.15, 0.2) is 60.0 Å². The molecule has 0 atom stereocenters. The Morgan fingerprint density at radius 2 is 1.97 bits per heavy atom. The van der Waals surface area contributed by atoms with Crippen molar-refractivity contribution in [2.75, 3.05) is 22.8 Å². The predicted octanol–water partition coefficient (Wildman–Crippen LogP) is 0.937. The molecule has 2 heterocycles. The Hall–Kier alpha value is -3.93. The highest BCUT2D eigenvalue weighted by atomic mass is 32.2. The number of carbonyl (C=O) groups is 2. The second-order valence-corrected chi connectivity index (χ2v) is 8.37. The van der Waals surface area contributed by atoms with Crippen LogP contribution in [0.25, 0.3) is 0 Å². The summed E-state index contributed by atoms with van der Waals surface area (Å²) in [6.07, 6.45) is 3.01. The SMILES string of the molecule is O=C(O)CN1C(=O)COc2ccc(S(=O)(=O)Nc3ccc(Cn4cncn4)cc3)cc21. The van der Waals surface area contributed by atoms with Crippen LogP contribution in [-0.2, 0) is 26.2 Å². The van der Waals surface area contributed by atoms with Gasteiger partial charge in [-0.25, -0.2) is 18.1 Å². The molecule has 0 unspecified atom stereocenters. The van der Waals surface area contributed by atoms with Crippen molar-refractivity contribution in [2.24, 2.45) is 0 Å². The number of carboxylic acids is 1. The van der Waals surface area contributed by atoms with Gasteiger partial charge in [-0.3, -0.25) is 19.2 Å². The minimum atomic E-state index is -4.00. The molecule has 1 aromatic heterocycles. The van der Waals surface area contributed by atoms with Gasteiger partial charge in [-0.05, 0) is 35.9 Å². The van der Waals surface area contributed by atoms with Crippen LogP contribution in [0.5, 0.6) is 5.75 Å². The first-order chi connectivity index (χ1) is 14.8. The maximum absolute atomic E-state index is 12.8. The molecule has 4 rings (SSSR count).